The smallest absolute Gasteiger partial charge is 0.254 e. The minimum Gasteiger partial charge on any atom is -0.324 e. The summed E-state index contributed by atoms with van der Waals surface area (Å²) in [6.07, 6.45) is -0.0420. The van der Waals surface area contributed by atoms with Gasteiger partial charge in [-0.15, -0.1) is 0 Å². The maximum atomic E-state index is 12.0. The van der Waals surface area contributed by atoms with Crippen LogP contribution in [0.15, 0.2) is 29.1 Å². The molecule has 2 N–H and O–H groups in total. The van der Waals surface area contributed by atoms with Gasteiger partial charge in [-0.25, -0.2) is 4.98 Å². The van der Waals surface area contributed by atoms with Gasteiger partial charge in [-0.1, -0.05) is 23.7 Å². The van der Waals surface area contributed by atoms with Crippen molar-refractivity contribution in [3.05, 3.63) is 56.7 Å². The zero-order valence-corrected chi connectivity index (χ0v) is 11.9. The molecule has 0 spiro atoms. The van der Waals surface area contributed by atoms with Crippen LogP contribution < -0.4 is 10.9 Å². The van der Waals surface area contributed by atoms with Crippen LogP contribution in [0.3, 0.4) is 0 Å². The van der Waals surface area contributed by atoms with Crippen LogP contribution >= 0.6 is 11.6 Å². The monoisotopic (exact) mass is 291 g/mol. The number of nitrogens with one attached hydrogen (secondary N) is 2. The molecule has 0 aliphatic carbocycles. The van der Waals surface area contributed by atoms with Crippen LogP contribution in [0.4, 0.5) is 5.69 Å². The van der Waals surface area contributed by atoms with E-state index in [0.717, 1.165) is 0 Å². The molecule has 1 aromatic heterocycles. The lowest BCUT2D eigenvalue weighted by molar-refractivity contribution is -0.115. The molecule has 6 heteroatoms. The first kappa shape index (κ1) is 14.3. The number of hydrogen-bond acceptors (Lipinski definition) is 3. The van der Waals surface area contributed by atoms with Gasteiger partial charge >= 0.3 is 0 Å². The van der Waals surface area contributed by atoms with Crippen LogP contribution in [0.2, 0.25) is 5.02 Å². The molecule has 0 aliphatic rings. The molecule has 1 heterocycles. The quantitative estimate of drug-likeness (QED) is 0.910. The van der Waals surface area contributed by atoms with E-state index in [9.17, 15) is 9.59 Å². The Kier molecular flexibility index (Phi) is 4.20. The van der Waals surface area contributed by atoms with Gasteiger partial charge in [0.15, 0.2) is 0 Å². The average molecular weight is 292 g/mol. The molecule has 1 aromatic carbocycles. The second kappa shape index (κ2) is 5.88. The molecule has 0 saturated carbocycles. The van der Waals surface area contributed by atoms with Crippen molar-refractivity contribution in [2.24, 2.45) is 0 Å². The SMILES string of the molecule is Cc1nc(C)c(CC(=O)Nc2ccccc2Cl)c(=O)[nH]1. The molecule has 2 rings (SSSR count). The highest BCUT2D eigenvalue weighted by Crippen LogP contribution is 2.20. The lowest BCUT2D eigenvalue weighted by Crippen LogP contribution is -2.24. The second-order valence-corrected chi connectivity index (χ2v) is 4.83. The maximum absolute atomic E-state index is 12.0. The molecule has 0 aliphatic heterocycles. The first-order chi connectivity index (χ1) is 9.47. The van der Waals surface area contributed by atoms with Gasteiger partial charge in [0.2, 0.25) is 5.91 Å². The van der Waals surface area contributed by atoms with Crippen LogP contribution in [-0.4, -0.2) is 15.9 Å². The summed E-state index contributed by atoms with van der Waals surface area (Å²) in [7, 11) is 0. The number of aromatic amines is 1. The number of H-pyrrole nitrogens is 1. The number of aryl methyl sites for hydroxylation is 2. The largest absolute Gasteiger partial charge is 0.324 e. The number of amides is 1. The molecule has 0 unspecified atom stereocenters. The second-order valence-electron chi connectivity index (χ2n) is 4.42. The van der Waals surface area contributed by atoms with Gasteiger partial charge in [-0.3, -0.25) is 9.59 Å². The van der Waals surface area contributed by atoms with Gasteiger partial charge in [0.1, 0.15) is 5.82 Å². The molecule has 1 amide bonds. The van der Waals surface area contributed by atoms with E-state index in [0.29, 0.717) is 27.8 Å². The first-order valence-corrected chi connectivity index (χ1v) is 6.46. The number of nitrogens with zero attached hydrogens (tertiary/aromatic N) is 1. The number of halogens is 1. The highest BCUT2D eigenvalue weighted by atomic mass is 35.5. The van der Waals surface area contributed by atoms with Gasteiger partial charge < -0.3 is 10.3 Å². The number of hydrogen-bond donors (Lipinski definition) is 2. The Morgan fingerprint density at radius 1 is 1.35 bits per heavy atom. The maximum Gasteiger partial charge on any atom is 0.254 e. The van der Waals surface area contributed by atoms with Crippen molar-refractivity contribution in [2.45, 2.75) is 20.3 Å². The number of anilines is 1. The lowest BCUT2D eigenvalue weighted by atomic mass is 10.1. The fourth-order valence-electron chi connectivity index (χ4n) is 1.88. The standard InChI is InChI=1S/C14H14ClN3O2/c1-8-10(14(20)17-9(2)16-8)7-13(19)18-12-6-4-3-5-11(12)15/h3-6H,7H2,1-2H3,(H,18,19)(H,16,17,20). The fraction of sp³-hybridized carbons (Fsp3) is 0.214. The van der Waals surface area contributed by atoms with Crippen molar-refractivity contribution in [1.82, 2.24) is 9.97 Å². The summed E-state index contributed by atoms with van der Waals surface area (Å²) in [6.45, 7) is 3.41. The number of benzene rings is 1. The van der Waals surface area contributed by atoms with E-state index < -0.39 is 0 Å². The van der Waals surface area contributed by atoms with E-state index in [-0.39, 0.29) is 17.9 Å². The molecule has 0 radical (unpaired) electrons. The Balaban J connectivity index is 2.17. The van der Waals surface area contributed by atoms with E-state index in [4.69, 9.17) is 11.6 Å². The van der Waals surface area contributed by atoms with E-state index in [2.05, 4.69) is 15.3 Å². The summed E-state index contributed by atoms with van der Waals surface area (Å²) in [6, 6.07) is 6.93. The van der Waals surface area contributed by atoms with E-state index >= 15 is 0 Å². The minimum atomic E-state index is -0.308. The number of carbonyl (C=O) groups excluding carboxylic acids is 1. The molecular formula is C14H14ClN3O2. The van der Waals surface area contributed by atoms with Crippen LogP contribution in [0.25, 0.3) is 0 Å². The van der Waals surface area contributed by atoms with Crippen molar-refractivity contribution >= 4 is 23.2 Å². The Labute approximate surface area is 121 Å². The van der Waals surface area contributed by atoms with Crippen molar-refractivity contribution in [2.75, 3.05) is 5.32 Å². The number of aromatic nitrogens is 2. The molecule has 5 nitrogen and oxygen atoms in total. The molecular weight excluding hydrogens is 278 g/mol. The number of para-hydroxylation sites is 1. The number of carbonyl (C=O) groups is 1. The molecule has 0 bridgehead atoms. The first-order valence-electron chi connectivity index (χ1n) is 6.08. The van der Waals surface area contributed by atoms with E-state index in [1.165, 1.54) is 0 Å². The van der Waals surface area contributed by atoms with Crippen molar-refractivity contribution in [3.8, 4) is 0 Å². The third-order valence-corrected chi connectivity index (χ3v) is 3.16. The summed E-state index contributed by atoms with van der Waals surface area (Å²) in [5.41, 5.74) is 1.15. The molecule has 0 atom stereocenters. The normalized spacial score (nSPS) is 10.3. The average Bonchev–Trinajstić information content (AvgIpc) is 2.36. The highest BCUT2D eigenvalue weighted by molar-refractivity contribution is 6.33. The zero-order valence-electron chi connectivity index (χ0n) is 11.2. The van der Waals surface area contributed by atoms with Gasteiger partial charge in [0, 0.05) is 11.3 Å². The third-order valence-electron chi connectivity index (χ3n) is 2.83. The number of rotatable bonds is 3. The summed E-state index contributed by atoms with van der Waals surface area (Å²) < 4.78 is 0. The third kappa shape index (κ3) is 3.24. The predicted molar refractivity (Wildman–Crippen MR) is 78.1 cm³/mol. The summed E-state index contributed by atoms with van der Waals surface area (Å²) >= 11 is 5.96. The molecule has 104 valence electrons. The Hall–Kier alpha value is -2.14. The lowest BCUT2D eigenvalue weighted by Gasteiger charge is -2.08. The van der Waals surface area contributed by atoms with Crippen LogP contribution in [-0.2, 0) is 11.2 Å². The van der Waals surface area contributed by atoms with Gasteiger partial charge in [-0.2, -0.15) is 0 Å². The summed E-state index contributed by atoms with van der Waals surface area (Å²) in [5.74, 6) is 0.222. The summed E-state index contributed by atoms with van der Waals surface area (Å²) in [4.78, 5) is 30.5. The van der Waals surface area contributed by atoms with Gasteiger partial charge in [-0.05, 0) is 26.0 Å². The molecule has 0 saturated heterocycles. The Bertz CT molecular complexity index is 710. The van der Waals surface area contributed by atoms with Crippen LogP contribution in [0.1, 0.15) is 17.1 Å². The van der Waals surface area contributed by atoms with Crippen molar-refractivity contribution in [1.29, 1.82) is 0 Å². The molecule has 2 aromatic rings. The topological polar surface area (TPSA) is 74.8 Å². The van der Waals surface area contributed by atoms with Crippen LogP contribution in [0, 0.1) is 13.8 Å². The van der Waals surface area contributed by atoms with Crippen molar-refractivity contribution in [3.63, 3.8) is 0 Å². The van der Waals surface area contributed by atoms with Crippen LogP contribution in [0.5, 0.6) is 0 Å². The fourth-order valence-corrected chi connectivity index (χ4v) is 2.06. The minimum absolute atomic E-state index is 0.0420. The van der Waals surface area contributed by atoms with E-state index in [1.54, 1.807) is 38.1 Å². The van der Waals surface area contributed by atoms with E-state index in [1.807, 2.05) is 0 Å². The molecule has 0 fully saturated rings. The van der Waals surface area contributed by atoms with Gasteiger partial charge in [0.25, 0.3) is 5.56 Å². The predicted octanol–water partition coefficient (Wildman–Crippen LogP) is 2.22. The summed E-state index contributed by atoms with van der Waals surface area (Å²) in [5, 5.41) is 3.13. The molecule has 20 heavy (non-hydrogen) atoms. The zero-order chi connectivity index (χ0) is 14.7. The van der Waals surface area contributed by atoms with Gasteiger partial charge in [0.05, 0.1) is 17.1 Å². The highest BCUT2D eigenvalue weighted by Gasteiger charge is 2.12. The Morgan fingerprint density at radius 3 is 2.70 bits per heavy atom. The Morgan fingerprint density at radius 2 is 2.05 bits per heavy atom. The van der Waals surface area contributed by atoms with Crippen molar-refractivity contribution < 1.29 is 4.79 Å².